The molecule has 28 heavy (non-hydrogen) atoms. The summed E-state index contributed by atoms with van der Waals surface area (Å²) in [6.07, 6.45) is 1.63. The van der Waals surface area contributed by atoms with Gasteiger partial charge in [0.1, 0.15) is 0 Å². The van der Waals surface area contributed by atoms with E-state index in [9.17, 15) is 14.4 Å². The zero-order valence-electron chi connectivity index (χ0n) is 15.9. The van der Waals surface area contributed by atoms with Crippen LogP contribution in [0.15, 0.2) is 77.7 Å². The third-order valence-electron chi connectivity index (χ3n) is 4.70. The molecule has 3 rings (SSSR count). The summed E-state index contributed by atoms with van der Waals surface area (Å²) in [6, 6.07) is 19.0. The van der Waals surface area contributed by atoms with Crippen LogP contribution in [0.25, 0.3) is 0 Å². The zero-order valence-corrected chi connectivity index (χ0v) is 15.9. The molecule has 1 amide bonds. The Morgan fingerprint density at radius 3 is 2.29 bits per heavy atom. The second-order valence-corrected chi connectivity index (χ2v) is 6.74. The van der Waals surface area contributed by atoms with Crippen LogP contribution in [0.3, 0.4) is 0 Å². The van der Waals surface area contributed by atoms with Gasteiger partial charge in [-0.25, -0.2) is 0 Å². The Hall–Kier alpha value is -3.47. The Morgan fingerprint density at radius 2 is 1.61 bits per heavy atom. The van der Waals surface area contributed by atoms with E-state index in [4.69, 9.17) is 0 Å². The standard InChI is InChI=1S/C23H22N2O3/c1-16-8-6-7-11-19(16)20(24-23(28)17-9-4-3-5-10-17)14-21(26)18-12-13-22(27)25(2)15-18/h3-13,15,20H,14H2,1-2H3,(H,24,28). The van der Waals surface area contributed by atoms with Gasteiger partial charge < -0.3 is 9.88 Å². The Balaban J connectivity index is 1.89. The number of nitrogens with one attached hydrogen (secondary N) is 1. The van der Waals surface area contributed by atoms with E-state index in [2.05, 4.69) is 5.32 Å². The Morgan fingerprint density at radius 1 is 0.929 bits per heavy atom. The minimum atomic E-state index is -0.473. The summed E-state index contributed by atoms with van der Waals surface area (Å²) in [6.45, 7) is 1.95. The van der Waals surface area contributed by atoms with E-state index in [1.807, 2.05) is 37.3 Å². The molecule has 1 N–H and O–H groups in total. The zero-order chi connectivity index (χ0) is 20.1. The first-order chi connectivity index (χ1) is 13.5. The minimum absolute atomic E-state index is 0.0988. The Labute approximate surface area is 163 Å². The van der Waals surface area contributed by atoms with Crippen molar-refractivity contribution in [1.29, 1.82) is 0 Å². The first-order valence-electron chi connectivity index (χ1n) is 9.07. The van der Waals surface area contributed by atoms with Gasteiger partial charge in [0.15, 0.2) is 5.78 Å². The molecule has 0 aliphatic heterocycles. The van der Waals surface area contributed by atoms with E-state index in [-0.39, 0.29) is 23.7 Å². The van der Waals surface area contributed by atoms with Gasteiger partial charge in [0.2, 0.25) is 5.56 Å². The van der Waals surface area contributed by atoms with Crippen molar-refractivity contribution in [3.63, 3.8) is 0 Å². The fourth-order valence-corrected chi connectivity index (χ4v) is 3.11. The SMILES string of the molecule is Cc1ccccc1C(CC(=O)c1ccc(=O)n(C)c1)NC(=O)c1ccccc1. The largest absolute Gasteiger partial charge is 0.345 e. The average Bonchev–Trinajstić information content (AvgIpc) is 2.70. The molecule has 5 nitrogen and oxygen atoms in total. The third-order valence-corrected chi connectivity index (χ3v) is 4.70. The van der Waals surface area contributed by atoms with E-state index >= 15 is 0 Å². The van der Waals surface area contributed by atoms with Crippen molar-refractivity contribution >= 4 is 11.7 Å². The molecule has 1 atom stereocenters. The molecule has 0 aliphatic carbocycles. The van der Waals surface area contributed by atoms with E-state index in [1.165, 1.54) is 22.9 Å². The molecule has 142 valence electrons. The van der Waals surface area contributed by atoms with Crippen LogP contribution >= 0.6 is 0 Å². The maximum atomic E-state index is 12.9. The quantitative estimate of drug-likeness (QED) is 0.672. The summed E-state index contributed by atoms with van der Waals surface area (Å²) < 4.78 is 1.37. The van der Waals surface area contributed by atoms with E-state index < -0.39 is 6.04 Å². The first-order valence-corrected chi connectivity index (χ1v) is 9.07. The summed E-state index contributed by atoms with van der Waals surface area (Å²) in [5.41, 5.74) is 2.69. The number of rotatable bonds is 6. The van der Waals surface area contributed by atoms with Crippen LogP contribution < -0.4 is 10.9 Å². The van der Waals surface area contributed by atoms with Gasteiger partial charge in [-0.15, -0.1) is 0 Å². The predicted molar refractivity (Wildman–Crippen MR) is 108 cm³/mol. The summed E-state index contributed by atoms with van der Waals surface area (Å²) >= 11 is 0. The highest BCUT2D eigenvalue weighted by atomic mass is 16.2. The lowest BCUT2D eigenvalue weighted by Crippen LogP contribution is -2.31. The van der Waals surface area contributed by atoms with Crippen LogP contribution in [0.1, 0.15) is 44.3 Å². The van der Waals surface area contributed by atoms with Crippen molar-refractivity contribution in [2.75, 3.05) is 0 Å². The van der Waals surface area contributed by atoms with Gasteiger partial charge in [-0.3, -0.25) is 14.4 Å². The van der Waals surface area contributed by atoms with Crippen molar-refractivity contribution in [3.8, 4) is 0 Å². The maximum absolute atomic E-state index is 12.9. The molecule has 0 saturated carbocycles. The highest BCUT2D eigenvalue weighted by Crippen LogP contribution is 2.23. The second-order valence-electron chi connectivity index (χ2n) is 6.74. The molecule has 1 unspecified atom stereocenters. The molecule has 0 radical (unpaired) electrons. The number of amides is 1. The van der Waals surface area contributed by atoms with Crippen molar-refractivity contribution in [3.05, 3.63) is 106 Å². The van der Waals surface area contributed by atoms with Gasteiger partial charge in [0.25, 0.3) is 5.91 Å². The van der Waals surface area contributed by atoms with Gasteiger partial charge >= 0.3 is 0 Å². The number of carbonyl (C=O) groups excluding carboxylic acids is 2. The van der Waals surface area contributed by atoms with Crippen molar-refractivity contribution in [1.82, 2.24) is 9.88 Å². The number of hydrogen-bond acceptors (Lipinski definition) is 3. The highest BCUT2D eigenvalue weighted by molar-refractivity contribution is 5.98. The molecule has 0 spiro atoms. The lowest BCUT2D eigenvalue weighted by molar-refractivity contribution is 0.0912. The molecule has 3 aromatic rings. The second kappa shape index (κ2) is 8.48. The molecule has 0 bridgehead atoms. The number of ketones is 1. The van der Waals surface area contributed by atoms with Crippen LogP contribution in [0.5, 0.6) is 0 Å². The lowest BCUT2D eigenvalue weighted by atomic mass is 9.95. The van der Waals surface area contributed by atoms with Crippen LogP contribution in [-0.4, -0.2) is 16.3 Å². The summed E-state index contributed by atoms with van der Waals surface area (Å²) in [5.74, 6) is -0.376. The molecule has 0 fully saturated rings. The van der Waals surface area contributed by atoms with Crippen molar-refractivity contribution in [2.24, 2.45) is 7.05 Å². The molecule has 0 saturated heterocycles. The molecule has 1 aromatic heterocycles. The molecule has 5 heteroatoms. The van der Waals surface area contributed by atoms with Gasteiger partial charge in [0, 0.05) is 36.9 Å². The van der Waals surface area contributed by atoms with Gasteiger partial charge in [-0.1, -0.05) is 42.5 Å². The summed E-state index contributed by atoms with van der Waals surface area (Å²) in [7, 11) is 1.61. The number of benzene rings is 2. The fourth-order valence-electron chi connectivity index (χ4n) is 3.11. The predicted octanol–water partition coefficient (Wildman–Crippen LogP) is 3.44. The third kappa shape index (κ3) is 4.43. The normalized spacial score (nSPS) is 11.6. The molecule has 1 heterocycles. The number of pyridine rings is 1. The van der Waals surface area contributed by atoms with E-state index in [0.29, 0.717) is 11.1 Å². The van der Waals surface area contributed by atoms with Gasteiger partial charge in [-0.2, -0.15) is 0 Å². The monoisotopic (exact) mass is 374 g/mol. The molecular formula is C23H22N2O3. The first kappa shape index (κ1) is 19.3. The summed E-state index contributed by atoms with van der Waals surface area (Å²) in [4.78, 5) is 37.1. The number of nitrogens with zero attached hydrogens (tertiary/aromatic N) is 1. The number of hydrogen-bond donors (Lipinski definition) is 1. The Bertz CT molecular complexity index is 1050. The Kier molecular flexibility index (Phi) is 5.84. The van der Waals surface area contributed by atoms with Crippen LogP contribution in [-0.2, 0) is 7.05 Å². The average molecular weight is 374 g/mol. The van der Waals surface area contributed by atoms with Gasteiger partial charge in [0.05, 0.1) is 6.04 Å². The van der Waals surface area contributed by atoms with Crippen LogP contribution in [0.4, 0.5) is 0 Å². The van der Waals surface area contributed by atoms with Gasteiger partial charge in [-0.05, 0) is 36.2 Å². The molecule has 2 aromatic carbocycles. The maximum Gasteiger partial charge on any atom is 0.251 e. The lowest BCUT2D eigenvalue weighted by Gasteiger charge is -2.21. The summed E-state index contributed by atoms with van der Waals surface area (Å²) in [5, 5.41) is 2.99. The van der Waals surface area contributed by atoms with E-state index in [1.54, 1.807) is 31.3 Å². The number of aromatic nitrogens is 1. The number of Topliss-reactive ketones (excluding diaryl/α,β-unsaturated/α-hetero) is 1. The van der Waals surface area contributed by atoms with Crippen LogP contribution in [0.2, 0.25) is 0 Å². The number of carbonyl (C=O) groups is 2. The van der Waals surface area contributed by atoms with Crippen molar-refractivity contribution < 1.29 is 9.59 Å². The minimum Gasteiger partial charge on any atom is -0.345 e. The van der Waals surface area contributed by atoms with E-state index in [0.717, 1.165) is 11.1 Å². The fraction of sp³-hybridized carbons (Fsp3) is 0.174. The van der Waals surface area contributed by atoms with Crippen molar-refractivity contribution in [2.45, 2.75) is 19.4 Å². The van der Waals surface area contributed by atoms with Crippen LogP contribution in [0, 0.1) is 6.92 Å². The smallest absolute Gasteiger partial charge is 0.251 e. The molecule has 0 aliphatic rings. The topological polar surface area (TPSA) is 68.2 Å². The highest BCUT2D eigenvalue weighted by Gasteiger charge is 2.21. The molecular weight excluding hydrogens is 352 g/mol. The number of aryl methyl sites for hydroxylation is 2.